The second-order valence-electron chi connectivity index (χ2n) is 3.91. The molecule has 1 aromatic heterocycles. The maximum absolute atomic E-state index is 12.4. The van der Waals surface area contributed by atoms with Gasteiger partial charge in [-0.1, -0.05) is 0 Å². The van der Waals surface area contributed by atoms with E-state index in [1.54, 1.807) is 0 Å². The van der Waals surface area contributed by atoms with Gasteiger partial charge in [0.05, 0.1) is 0 Å². The molecule has 1 rings (SSSR count). The third-order valence-corrected chi connectivity index (χ3v) is 2.02. The number of hydrogen-bond acceptors (Lipinski definition) is 3. The zero-order valence-corrected chi connectivity index (χ0v) is 9.37. The van der Waals surface area contributed by atoms with Crippen molar-refractivity contribution >= 4 is 5.97 Å². The van der Waals surface area contributed by atoms with E-state index in [-0.39, 0.29) is 5.88 Å². The molecule has 17 heavy (non-hydrogen) atoms. The molecule has 0 aromatic carbocycles. The normalized spacial score (nSPS) is 12.6. The summed E-state index contributed by atoms with van der Waals surface area (Å²) in [5.41, 5.74) is -2.65. The van der Waals surface area contributed by atoms with Crippen LogP contribution in [0, 0.1) is 0 Å². The van der Waals surface area contributed by atoms with Crippen LogP contribution in [0.2, 0.25) is 0 Å². The SMILES string of the molecule is Cn1nc(OC(C)(C)C(=O)O)cc1C(F)(F)F. The molecule has 0 unspecified atom stereocenters. The average Bonchev–Trinajstić information content (AvgIpc) is 2.44. The molecule has 0 aliphatic carbocycles. The Morgan fingerprint density at radius 2 is 2.00 bits per heavy atom. The third-order valence-electron chi connectivity index (χ3n) is 2.02. The fourth-order valence-electron chi connectivity index (χ4n) is 1.06. The lowest BCUT2D eigenvalue weighted by Crippen LogP contribution is -2.38. The van der Waals surface area contributed by atoms with Gasteiger partial charge in [-0.25, -0.2) is 4.79 Å². The monoisotopic (exact) mass is 252 g/mol. The summed E-state index contributed by atoms with van der Waals surface area (Å²) in [6, 6.07) is 0.657. The highest BCUT2D eigenvalue weighted by Gasteiger charge is 2.37. The molecule has 0 saturated carbocycles. The molecule has 0 radical (unpaired) electrons. The Kier molecular flexibility index (Phi) is 3.09. The molecule has 8 heteroatoms. The predicted molar refractivity (Wildman–Crippen MR) is 50.6 cm³/mol. The van der Waals surface area contributed by atoms with Gasteiger partial charge in [0.1, 0.15) is 5.69 Å². The van der Waals surface area contributed by atoms with Gasteiger partial charge in [-0.15, -0.1) is 5.10 Å². The molecule has 1 heterocycles. The first-order valence-corrected chi connectivity index (χ1v) is 4.57. The van der Waals surface area contributed by atoms with Crippen LogP contribution in [0.3, 0.4) is 0 Å². The summed E-state index contributed by atoms with van der Waals surface area (Å²) >= 11 is 0. The van der Waals surface area contributed by atoms with E-state index in [9.17, 15) is 18.0 Å². The standard InChI is InChI=1S/C9H11F3N2O3/c1-8(2,7(15)16)17-6-4-5(9(10,11)12)14(3)13-6/h4H,1-3H3,(H,15,16). The number of alkyl halides is 3. The van der Waals surface area contributed by atoms with Crippen LogP contribution in [0.4, 0.5) is 13.2 Å². The molecule has 0 spiro atoms. The van der Waals surface area contributed by atoms with Crippen molar-refractivity contribution < 1.29 is 27.8 Å². The lowest BCUT2D eigenvalue weighted by molar-refractivity contribution is -0.152. The highest BCUT2D eigenvalue weighted by molar-refractivity contribution is 5.76. The topological polar surface area (TPSA) is 64.4 Å². The van der Waals surface area contributed by atoms with Gasteiger partial charge in [-0.05, 0) is 13.8 Å². The molecule has 0 bridgehead atoms. The third kappa shape index (κ3) is 2.89. The van der Waals surface area contributed by atoms with Gasteiger partial charge >= 0.3 is 12.1 Å². The average molecular weight is 252 g/mol. The number of aromatic nitrogens is 2. The van der Waals surface area contributed by atoms with E-state index < -0.39 is 23.4 Å². The van der Waals surface area contributed by atoms with Crippen molar-refractivity contribution in [2.24, 2.45) is 7.05 Å². The predicted octanol–water partition coefficient (Wildman–Crippen LogP) is 1.68. The van der Waals surface area contributed by atoms with Gasteiger partial charge in [-0.3, -0.25) is 4.68 Å². The number of carboxylic acids is 1. The van der Waals surface area contributed by atoms with Crippen molar-refractivity contribution in [3.8, 4) is 5.88 Å². The van der Waals surface area contributed by atoms with Gasteiger partial charge in [-0.2, -0.15) is 13.2 Å². The number of halogens is 3. The Morgan fingerprint density at radius 1 is 1.47 bits per heavy atom. The number of hydrogen-bond donors (Lipinski definition) is 1. The Bertz CT molecular complexity index is 437. The first-order chi connectivity index (χ1) is 7.54. The molecule has 1 aromatic rings. The molecule has 0 fully saturated rings. The van der Waals surface area contributed by atoms with E-state index in [4.69, 9.17) is 9.84 Å². The second-order valence-corrected chi connectivity index (χ2v) is 3.91. The zero-order valence-electron chi connectivity index (χ0n) is 9.37. The van der Waals surface area contributed by atoms with Crippen LogP contribution in [0.15, 0.2) is 6.07 Å². The number of carboxylic acid groups (broad SMARTS) is 1. The molecule has 96 valence electrons. The molecule has 5 nitrogen and oxygen atoms in total. The van der Waals surface area contributed by atoms with E-state index in [0.717, 1.165) is 7.05 Å². The first kappa shape index (κ1) is 13.3. The quantitative estimate of drug-likeness (QED) is 0.888. The van der Waals surface area contributed by atoms with E-state index in [1.807, 2.05) is 0 Å². The molecular weight excluding hydrogens is 241 g/mol. The summed E-state index contributed by atoms with van der Waals surface area (Å²) in [6.45, 7) is 2.44. The fourth-order valence-corrected chi connectivity index (χ4v) is 1.06. The zero-order chi connectivity index (χ0) is 13.4. The maximum atomic E-state index is 12.4. The van der Waals surface area contributed by atoms with Gasteiger partial charge in [0.25, 0.3) is 0 Å². The van der Waals surface area contributed by atoms with Crippen molar-refractivity contribution in [2.45, 2.75) is 25.6 Å². The first-order valence-electron chi connectivity index (χ1n) is 4.57. The summed E-state index contributed by atoms with van der Waals surface area (Å²) in [6.07, 6.45) is -4.56. The van der Waals surface area contributed by atoms with Crippen molar-refractivity contribution in [1.82, 2.24) is 9.78 Å². The number of aliphatic carboxylic acids is 1. The molecule has 1 N–H and O–H groups in total. The van der Waals surface area contributed by atoms with E-state index in [0.29, 0.717) is 10.7 Å². The Balaban J connectivity index is 3.00. The Labute approximate surface area is 94.8 Å². The number of ether oxygens (including phenoxy) is 1. The number of nitrogens with zero attached hydrogens (tertiary/aromatic N) is 2. The summed E-state index contributed by atoms with van der Waals surface area (Å²) in [7, 11) is 1.10. The van der Waals surface area contributed by atoms with Crippen LogP contribution in [-0.2, 0) is 18.0 Å². The van der Waals surface area contributed by atoms with Crippen LogP contribution in [0.5, 0.6) is 5.88 Å². The molecule has 0 aliphatic heterocycles. The van der Waals surface area contributed by atoms with Crippen molar-refractivity contribution in [2.75, 3.05) is 0 Å². The minimum atomic E-state index is -4.56. The van der Waals surface area contributed by atoms with Crippen LogP contribution in [-0.4, -0.2) is 26.5 Å². The number of carbonyl (C=O) groups is 1. The van der Waals surface area contributed by atoms with Gasteiger partial charge in [0.15, 0.2) is 0 Å². The van der Waals surface area contributed by atoms with E-state index >= 15 is 0 Å². The van der Waals surface area contributed by atoms with Crippen LogP contribution in [0.1, 0.15) is 19.5 Å². The van der Waals surface area contributed by atoms with Crippen molar-refractivity contribution in [3.63, 3.8) is 0 Å². The smallest absolute Gasteiger partial charge is 0.433 e. The highest BCUT2D eigenvalue weighted by atomic mass is 19.4. The molecular formula is C9H11F3N2O3. The Morgan fingerprint density at radius 3 is 2.35 bits per heavy atom. The van der Waals surface area contributed by atoms with E-state index in [2.05, 4.69) is 5.10 Å². The summed E-state index contributed by atoms with van der Waals surface area (Å²) < 4.78 is 42.7. The van der Waals surface area contributed by atoms with Crippen LogP contribution < -0.4 is 4.74 Å². The minimum absolute atomic E-state index is 0.382. The highest BCUT2D eigenvalue weighted by Crippen LogP contribution is 2.31. The molecule has 0 atom stereocenters. The fraction of sp³-hybridized carbons (Fsp3) is 0.556. The van der Waals surface area contributed by atoms with Crippen LogP contribution >= 0.6 is 0 Å². The number of rotatable bonds is 3. The lowest BCUT2D eigenvalue weighted by atomic mass is 10.1. The van der Waals surface area contributed by atoms with Crippen LogP contribution in [0.25, 0.3) is 0 Å². The lowest BCUT2D eigenvalue weighted by Gasteiger charge is -2.19. The van der Waals surface area contributed by atoms with E-state index in [1.165, 1.54) is 13.8 Å². The largest absolute Gasteiger partial charge is 0.478 e. The van der Waals surface area contributed by atoms with Gasteiger partial charge in [0, 0.05) is 13.1 Å². The summed E-state index contributed by atoms with van der Waals surface area (Å²) in [5, 5.41) is 12.2. The van der Waals surface area contributed by atoms with Crippen molar-refractivity contribution in [3.05, 3.63) is 11.8 Å². The van der Waals surface area contributed by atoms with Gasteiger partial charge < -0.3 is 9.84 Å². The second kappa shape index (κ2) is 3.94. The van der Waals surface area contributed by atoms with Crippen molar-refractivity contribution in [1.29, 1.82) is 0 Å². The molecule has 0 amide bonds. The number of aryl methyl sites for hydroxylation is 1. The maximum Gasteiger partial charge on any atom is 0.433 e. The van der Waals surface area contributed by atoms with Gasteiger partial charge in [0.2, 0.25) is 11.5 Å². The Hall–Kier alpha value is -1.73. The molecule has 0 saturated heterocycles. The summed E-state index contributed by atoms with van der Waals surface area (Å²) in [4.78, 5) is 10.7. The summed E-state index contributed by atoms with van der Waals surface area (Å²) in [5.74, 6) is -1.68. The molecule has 0 aliphatic rings. The minimum Gasteiger partial charge on any atom is -0.478 e.